The topological polar surface area (TPSA) is 120 Å². The van der Waals surface area contributed by atoms with Gasteiger partial charge in [0.1, 0.15) is 15.6 Å². The number of amides is 1. The maximum Gasteiger partial charge on any atom is 0.271 e. The second-order valence-corrected chi connectivity index (χ2v) is 10.5. The molecule has 1 amide bonds. The highest BCUT2D eigenvalue weighted by molar-refractivity contribution is 7.94. The van der Waals surface area contributed by atoms with Crippen molar-refractivity contribution in [2.45, 2.75) is 24.0 Å². The summed E-state index contributed by atoms with van der Waals surface area (Å²) in [6, 6.07) is 7.98. The van der Waals surface area contributed by atoms with Gasteiger partial charge in [-0.25, -0.2) is 8.42 Å². The normalized spacial score (nSPS) is 13.8. The van der Waals surface area contributed by atoms with Crippen LogP contribution in [0.5, 0.6) is 11.5 Å². The number of aryl methyl sites for hydroxylation is 1. The van der Waals surface area contributed by atoms with E-state index in [1.807, 2.05) is 0 Å². The lowest BCUT2D eigenvalue weighted by molar-refractivity contribution is -0.117. The van der Waals surface area contributed by atoms with Crippen molar-refractivity contribution in [3.8, 4) is 11.5 Å². The lowest BCUT2D eigenvalue weighted by atomic mass is 10.2. The summed E-state index contributed by atoms with van der Waals surface area (Å²) in [5, 5.41) is 6.78. The number of hydrogen-bond donors (Lipinski definition) is 2. The van der Waals surface area contributed by atoms with E-state index in [1.165, 1.54) is 20.3 Å². The van der Waals surface area contributed by atoms with Gasteiger partial charge >= 0.3 is 0 Å². The lowest BCUT2D eigenvalue weighted by Crippen LogP contribution is -2.14. The van der Waals surface area contributed by atoms with Crippen LogP contribution in [0.1, 0.15) is 29.2 Å². The Hall–Kier alpha value is -3.31. The first kappa shape index (κ1) is 22.9. The molecule has 9 nitrogen and oxygen atoms in total. The number of anilines is 2. The van der Waals surface area contributed by atoms with Crippen LogP contribution in [-0.2, 0) is 14.8 Å². The molecule has 0 saturated heterocycles. The van der Waals surface area contributed by atoms with Crippen molar-refractivity contribution in [1.82, 2.24) is 5.16 Å². The van der Waals surface area contributed by atoms with Gasteiger partial charge in [0.25, 0.3) is 10.0 Å². The van der Waals surface area contributed by atoms with Crippen molar-refractivity contribution in [2.75, 3.05) is 24.3 Å². The van der Waals surface area contributed by atoms with E-state index in [1.54, 1.807) is 43.3 Å². The minimum Gasteiger partial charge on any atom is -0.493 e. The molecular weight excluding hydrogens is 466 g/mol. The number of nitrogens with zero attached hydrogens (tertiary/aromatic N) is 1. The highest BCUT2D eigenvalue weighted by Gasteiger charge is 2.30. The number of aromatic nitrogens is 1. The Kier molecular flexibility index (Phi) is 6.43. The number of rotatable bonds is 9. The zero-order valence-corrected chi connectivity index (χ0v) is 19.9. The number of thiophene rings is 1. The van der Waals surface area contributed by atoms with Crippen LogP contribution in [0.25, 0.3) is 12.2 Å². The number of nitrogens with one attached hydrogen (secondary N) is 2. The molecule has 4 rings (SSSR count). The van der Waals surface area contributed by atoms with Gasteiger partial charge in [-0.15, -0.1) is 11.3 Å². The third-order valence-electron chi connectivity index (χ3n) is 4.99. The number of sulfonamides is 1. The number of carbonyl (C=O) groups excluding carboxylic acids is 1. The lowest BCUT2D eigenvalue weighted by Gasteiger charge is -2.11. The number of methoxy groups -OCH3 is 2. The molecule has 1 saturated carbocycles. The highest BCUT2D eigenvalue weighted by atomic mass is 32.2. The minimum atomic E-state index is -3.80. The molecule has 1 fully saturated rings. The predicted molar refractivity (Wildman–Crippen MR) is 126 cm³/mol. The monoisotopic (exact) mass is 489 g/mol. The van der Waals surface area contributed by atoms with E-state index in [0.717, 1.165) is 24.2 Å². The fourth-order valence-electron chi connectivity index (χ4n) is 3.06. The first-order valence-electron chi connectivity index (χ1n) is 10.1. The molecule has 0 bridgehead atoms. The molecule has 2 N–H and O–H groups in total. The molecule has 174 valence electrons. The molecule has 2 heterocycles. The van der Waals surface area contributed by atoms with Crippen molar-refractivity contribution >= 4 is 50.8 Å². The van der Waals surface area contributed by atoms with Gasteiger partial charge < -0.3 is 19.3 Å². The Morgan fingerprint density at radius 2 is 1.91 bits per heavy atom. The molecule has 2 aromatic heterocycles. The van der Waals surface area contributed by atoms with Gasteiger partial charge in [0.2, 0.25) is 5.91 Å². The maximum atomic E-state index is 12.8. The largest absolute Gasteiger partial charge is 0.493 e. The Labute approximate surface area is 195 Å². The summed E-state index contributed by atoms with van der Waals surface area (Å²) in [5.41, 5.74) is 1.46. The van der Waals surface area contributed by atoms with E-state index in [4.69, 9.17) is 14.0 Å². The van der Waals surface area contributed by atoms with Gasteiger partial charge in [0.15, 0.2) is 17.3 Å². The quantitative estimate of drug-likeness (QED) is 0.458. The number of carbonyl (C=O) groups is 1. The molecule has 1 aliphatic carbocycles. The van der Waals surface area contributed by atoms with Crippen LogP contribution < -0.4 is 19.5 Å². The number of hydrogen-bond acceptors (Lipinski definition) is 8. The standard InChI is InChI=1S/C22H23N3O6S2/c1-13-21(23-22(26)14-4-5-14)18(31-24-13)10-7-16-8-11-20(32-16)33(27,28)25-15-6-9-17(29-2)19(12-15)30-3/h6-12,14,25H,4-5H2,1-3H3,(H,23,26)/b10-7+. The summed E-state index contributed by atoms with van der Waals surface area (Å²) in [6.07, 6.45) is 5.16. The second-order valence-electron chi connectivity index (χ2n) is 7.44. The number of benzene rings is 1. The molecule has 1 aliphatic rings. The summed E-state index contributed by atoms with van der Waals surface area (Å²) in [7, 11) is -0.812. The molecule has 33 heavy (non-hydrogen) atoms. The van der Waals surface area contributed by atoms with Crippen LogP contribution in [0.4, 0.5) is 11.4 Å². The summed E-state index contributed by atoms with van der Waals surface area (Å²) < 4.78 is 44.0. The Morgan fingerprint density at radius 1 is 1.15 bits per heavy atom. The van der Waals surface area contributed by atoms with Gasteiger partial charge in [-0.1, -0.05) is 5.16 Å². The van der Waals surface area contributed by atoms with E-state index < -0.39 is 10.0 Å². The average molecular weight is 490 g/mol. The van der Waals surface area contributed by atoms with E-state index in [-0.39, 0.29) is 16.0 Å². The smallest absolute Gasteiger partial charge is 0.271 e. The van der Waals surface area contributed by atoms with Gasteiger partial charge in [0.05, 0.1) is 19.9 Å². The van der Waals surface area contributed by atoms with Crippen LogP contribution >= 0.6 is 11.3 Å². The molecule has 3 aromatic rings. The molecular formula is C22H23N3O6S2. The van der Waals surface area contributed by atoms with E-state index in [9.17, 15) is 13.2 Å². The van der Waals surface area contributed by atoms with Crippen LogP contribution in [0.15, 0.2) is 39.1 Å². The highest BCUT2D eigenvalue weighted by Crippen LogP contribution is 2.33. The van der Waals surface area contributed by atoms with Gasteiger partial charge in [-0.05, 0) is 56.2 Å². The maximum absolute atomic E-state index is 12.8. The van der Waals surface area contributed by atoms with Crippen molar-refractivity contribution in [2.24, 2.45) is 5.92 Å². The van der Waals surface area contributed by atoms with Gasteiger partial charge in [0, 0.05) is 16.9 Å². The average Bonchev–Trinajstić information content (AvgIpc) is 3.44. The molecule has 11 heteroatoms. The minimum absolute atomic E-state index is 0.0401. The van der Waals surface area contributed by atoms with E-state index >= 15 is 0 Å². The fraction of sp³-hybridized carbons (Fsp3) is 0.273. The SMILES string of the molecule is COc1ccc(NS(=O)(=O)c2ccc(/C=C/c3onc(C)c3NC(=O)C3CC3)s2)cc1OC. The fourth-order valence-corrected chi connectivity index (χ4v) is 5.33. The van der Waals surface area contributed by atoms with Crippen molar-refractivity contribution in [1.29, 1.82) is 0 Å². The second kappa shape index (κ2) is 9.28. The summed E-state index contributed by atoms with van der Waals surface area (Å²) in [4.78, 5) is 12.8. The molecule has 0 radical (unpaired) electrons. The summed E-state index contributed by atoms with van der Waals surface area (Å²) in [6.45, 7) is 1.75. The third-order valence-corrected chi connectivity index (χ3v) is 7.91. The molecule has 0 aliphatic heterocycles. The van der Waals surface area contributed by atoms with Gasteiger partial charge in [-0.3, -0.25) is 9.52 Å². The molecule has 1 aromatic carbocycles. The van der Waals surface area contributed by atoms with E-state index in [0.29, 0.717) is 39.2 Å². The van der Waals surface area contributed by atoms with Crippen LogP contribution in [-0.4, -0.2) is 33.7 Å². The molecule has 0 unspecified atom stereocenters. The first-order valence-corrected chi connectivity index (χ1v) is 12.4. The van der Waals surface area contributed by atoms with Crippen LogP contribution in [0.3, 0.4) is 0 Å². The zero-order chi connectivity index (χ0) is 23.6. The zero-order valence-electron chi connectivity index (χ0n) is 18.2. The van der Waals surface area contributed by atoms with E-state index in [2.05, 4.69) is 15.2 Å². The summed E-state index contributed by atoms with van der Waals surface area (Å²) >= 11 is 1.09. The first-order chi connectivity index (χ1) is 15.8. The molecule has 0 spiro atoms. The van der Waals surface area contributed by atoms with Crippen molar-refractivity contribution in [3.63, 3.8) is 0 Å². The van der Waals surface area contributed by atoms with Crippen molar-refractivity contribution in [3.05, 3.63) is 46.7 Å². The Balaban J connectivity index is 1.49. The molecule has 0 atom stereocenters. The Bertz CT molecular complexity index is 1310. The predicted octanol–water partition coefficient (Wildman–Crippen LogP) is 4.38. The third kappa shape index (κ3) is 5.20. The van der Waals surface area contributed by atoms with Crippen LogP contribution in [0.2, 0.25) is 0 Å². The summed E-state index contributed by atoms with van der Waals surface area (Å²) in [5.74, 6) is 1.34. The van der Waals surface area contributed by atoms with Crippen molar-refractivity contribution < 1.29 is 27.2 Å². The Morgan fingerprint density at radius 3 is 2.61 bits per heavy atom. The number of ether oxygens (including phenoxy) is 2. The van der Waals surface area contributed by atoms with Gasteiger partial charge in [-0.2, -0.15) is 0 Å². The van der Waals surface area contributed by atoms with Crippen LogP contribution in [0, 0.1) is 12.8 Å².